The number of halogens is 1. The van der Waals surface area contributed by atoms with Crippen molar-refractivity contribution in [2.75, 3.05) is 25.4 Å². The summed E-state index contributed by atoms with van der Waals surface area (Å²) in [6.45, 7) is 6.08. The summed E-state index contributed by atoms with van der Waals surface area (Å²) < 4.78 is 30.8. The van der Waals surface area contributed by atoms with Crippen molar-refractivity contribution in [3.05, 3.63) is 30.3 Å². The fourth-order valence-electron chi connectivity index (χ4n) is 2.75. The van der Waals surface area contributed by atoms with Crippen LogP contribution in [0, 0.1) is 0 Å². The molecule has 6 nitrogen and oxygen atoms in total. The number of guanidine groups is 1. The number of rotatable bonds is 8. The third kappa shape index (κ3) is 7.40. The van der Waals surface area contributed by atoms with Crippen molar-refractivity contribution < 1.29 is 13.2 Å². The summed E-state index contributed by atoms with van der Waals surface area (Å²) in [6.07, 6.45) is 2.97. The van der Waals surface area contributed by atoms with Gasteiger partial charge < -0.3 is 15.4 Å². The Morgan fingerprint density at radius 3 is 2.62 bits per heavy atom. The molecule has 0 saturated carbocycles. The molecule has 1 fully saturated rings. The molecular weight excluding hydrogens is 465 g/mol. The second-order valence-corrected chi connectivity index (χ2v) is 8.23. The van der Waals surface area contributed by atoms with Crippen LogP contribution >= 0.6 is 24.0 Å². The molecule has 0 spiro atoms. The predicted octanol–water partition coefficient (Wildman–Crippen LogP) is 2.59. The van der Waals surface area contributed by atoms with Crippen LogP contribution in [0.2, 0.25) is 0 Å². The Balaban J connectivity index is 0.00000338. The maximum atomic E-state index is 12.6. The Morgan fingerprint density at radius 1 is 1.31 bits per heavy atom. The molecule has 2 N–H and O–H groups in total. The molecule has 8 heteroatoms. The second kappa shape index (κ2) is 11.8. The van der Waals surface area contributed by atoms with E-state index in [4.69, 9.17) is 4.74 Å². The zero-order valence-electron chi connectivity index (χ0n) is 15.5. The van der Waals surface area contributed by atoms with E-state index in [2.05, 4.69) is 15.6 Å². The largest absolute Gasteiger partial charge is 0.376 e. The van der Waals surface area contributed by atoms with Gasteiger partial charge >= 0.3 is 0 Å². The number of hydrogen-bond donors (Lipinski definition) is 2. The standard InChI is InChI=1S/C18H29N3O3S.HI/c1-3-15(14-25(22,23)17-10-6-5-7-11-17)21-18(19-4-2)20-13-16-9-8-12-24-16;/h5-7,10-11,15-16H,3-4,8-9,12-14H2,1-2H3,(H2,19,20,21);1H. The maximum absolute atomic E-state index is 12.6. The first-order valence-corrected chi connectivity index (χ1v) is 10.6. The Labute approximate surface area is 174 Å². The van der Waals surface area contributed by atoms with Crippen LogP contribution in [0.5, 0.6) is 0 Å². The van der Waals surface area contributed by atoms with Crippen molar-refractivity contribution in [1.82, 2.24) is 10.6 Å². The maximum Gasteiger partial charge on any atom is 0.191 e. The lowest BCUT2D eigenvalue weighted by Gasteiger charge is -2.20. The van der Waals surface area contributed by atoms with Crippen molar-refractivity contribution in [2.24, 2.45) is 4.99 Å². The lowest BCUT2D eigenvalue weighted by molar-refractivity contribution is 0.117. The quantitative estimate of drug-likeness (QED) is 0.329. The summed E-state index contributed by atoms with van der Waals surface area (Å²) in [6, 6.07) is 8.38. The molecule has 2 unspecified atom stereocenters. The molecule has 1 aromatic carbocycles. The molecule has 0 amide bonds. The molecule has 0 bridgehead atoms. The van der Waals surface area contributed by atoms with Gasteiger partial charge in [0.25, 0.3) is 0 Å². The van der Waals surface area contributed by atoms with Crippen LogP contribution in [-0.2, 0) is 14.6 Å². The van der Waals surface area contributed by atoms with Crippen molar-refractivity contribution in [3.8, 4) is 0 Å². The van der Waals surface area contributed by atoms with Crippen LogP contribution in [0.15, 0.2) is 40.2 Å². The highest BCUT2D eigenvalue weighted by molar-refractivity contribution is 14.0. The summed E-state index contributed by atoms with van der Waals surface area (Å²) in [5.74, 6) is 0.686. The Morgan fingerprint density at radius 2 is 2.04 bits per heavy atom. The van der Waals surface area contributed by atoms with Crippen LogP contribution in [0.4, 0.5) is 0 Å². The molecule has 148 valence electrons. The van der Waals surface area contributed by atoms with Gasteiger partial charge in [-0.2, -0.15) is 0 Å². The van der Waals surface area contributed by atoms with Gasteiger partial charge in [0.1, 0.15) is 0 Å². The number of aliphatic imine (C=N–C) groups is 1. The minimum absolute atomic E-state index is 0. The zero-order valence-corrected chi connectivity index (χ0v) is 18.6. The van der Waals surface area contributed by atoms with Gasteiger partial charge in [0, 0.05) is 19.2 Å². The summed E-state index contributed by atoms with van der Waals surface area (Å²) in [5.41, 5.74) is 0. The van der Waals surface area contributed by atoms with Crippen LogP contribution in [0.1, 0.15) is 33.1 Å². The van der Waals surface area contributed by atoms with Crippen LogP contribution in [-0.4, -0.2) is 52.0 Å². The number of nitrogens with zero attached hydrogens (tertiary/aromatic N) is 1. The van der Waals surface area contributed by atoms with E-state index in [0.29, 0.717) is 23.8 Å². The molecule has 1 aliphatic rings. The van der Waals surface area contributed by atoms with E-state index in [1.54, 1.807) is 24.3 Å². The van der Waals surface area contributed by atoms with Crippen molar-refractivity contribution >= 4 is 39.8 Å². The normalized spacial score (nSPS) is 18.8. The molecule has 2 atom stereocenters. The van der Waals surface area contributed by atoms with E-state index in [1.165, 1.54) is 0 Å². The first kappa shape index (κ1) is 23.2. The van der Waals surface area contributed by atoms with Crippen molar-refractivity contribution in [3.63, 3.8) is 0 Å². The molecule has 2 rings (SSSR count). The highest BCUT2D eigenvalue weighted by Gasteiger charge is 2.21. The topological polar surface area (TPSA) is 79.8 Å². The third-order valence-electron chi connectivity index (χ3n) is 4.18. The van der Waals surface area contributed by atoms with Gasteiger partial charge in [0.15, 0.2) is 15.8 Å². The number of ether oxygens (including phenoxy) is 1. The zero-order chi connectivity index (χ0) is 18.1. The fraction of sp³-hybridized carbons (Fsp3) is 0.611. The number of sulfone groups is 1. The van der Waals surface area contributed by atoms with Crippen LogP contribution in [0.3, 0.4) is 0 Å². The van der Waals surface area contributed by atoms with E-state index >= 15 is 0 Å². The van der Waals surface area contributed by atoms with E-state index in [1.807, 2.05) is 19.9 Å². The molecule has 0 aromatic heterocycles. The van der Waals surface area contributed by atoms with Crippen LogP contribution in [0.25, 0.3) is 0 Å². The monoisotopic (exact) mass is 495 g/mol. The molecule has 0 aliphatic carbocycles. The summed E-state index contributed by atoms with van der Waals surface area (Å²) in [7, 11) is -3.33. The minimum atomic E-state index is -3.33. The fourth-order valence-corrected chi connectivity index (χ4v) is 4.36. The average molecular weight is 495 g/mol. The molecule has 1 aromatic rings. The molecular formula is C18H30IN3O3S. The molecule has 1 heterocycles. The summed E-state index contributed by atoms with van der Waals surface area (Å²) in [4.78, 5) is 4.92. The average Bonchev–Trinajstić information content (AvgIpc) is 3.13. The van der Waals surface area contributed by atoms with Crippen molar-refractivity contribution in [2.45, 2.75) is 50.2 Å². The summed E-state index contributed by atoms with van der Waals surface area (Å²) in [5, 5.41) is 6.44. The molecule has 1 saturated heterocycles. The van der Waals surface area contributed by atoms with E-state index in [-0.39, 0.29) is 41.9 Å². The van der Waals surface area contributed by atoms with Crippen LogP contribution < -0.4 is 10.6 Å². The van der Waals surface area contributed by atoms with Gasteiger partial charge in [-0.15, -0.1) is 24.0 Å². The van der Waals surface area contributed by atoms with E-state index in [0.717, 1.165) is 26.0 Å². The van der Waals surface area contributed by atoms with Crippen molar-refractivity contribution in [1.29, 1.82) is 0 Å². The van der Waals surface area contributed by atoms with Gasteiger partial charge in [-0.3, -0.25) is 4.99 Å². The number of nitrogens with one attached hydrogen (secondary N) is 2. The lowest BCUT2D eigenvalue weighted by Crippen LogP contribution is -2.46. The Hall–Kier alpha value is -0.870. The molecule has 0 radical (unpaired) electrons. The lowest BCUT2D eigenvalue weighted by atomic mass is 10.2. The smallest absolute Gasteiger partial charge is 0.191 e. The van der Waals surface area contributed by atoms with Gasteiger partial charge in [-0.1, -0.05) is 25.1 Å². The van der Waals surface area contributed by atoms with Gasteiger partial charge in [0.05, 0.1) is 23.3 Å². The molecule has 26 heavy (non-hydrogen) atoms. The first-order chi connectivity index (χ1) is 12.0. The highest BCUT2D eigenvalue weighted by atomic mass is 127. The molecule has 1 aliphatic heterocycles. The Bertz CT molecular complexity index is 647. The minimum Gasteiger partial charge on any atom is -0.376 e. The predicted molar refractivity (Wildman–Crippen MR) is 116 cm³/mol. The van der Waals surface area contributed by atoms with Gasteiger partial charge in [-0.25, -0.2) is 8.42 Å². The highest BCUT2D eigenvalue weighted by Crippen LogP contribution is 2.13. The number of benzene rings is 1. The Kier molecular flexibility index (Phi) is 10.5. The SMILES string of the molecule is CCNC(=NCC1CCCO1)NC(CC)CS(=O)(=O)c1ccccc1.I. The number of hydrogen-bond acceptors (Lipinski definition) is 4. The van der Waals surface area contributed by atoms with E-state index in [9.17, 15) is 8.42 Å². The van der Waals surface area contributed by atoms with E-state index < -0.39 is 9.84 Å². The first-order valence-electron chi connectivity index (χ1n) is 8.99. The second-order valence-electron chi connectivity index (χ2n) is 6.20. The van der Waals surface area contributed by atoms with Gasteiger partial charge in [0.2, 0.25) is 0 Å². The van der Waals surface area contributed by atoms with Gasteiger partial charge in [-0.05, 0) is 38.3 Å². The third-order valence-corrected chi connectivity index (χ3v) is 6.01. The summed E-state index contributed by atoms with van der Waals surface area (Å²) >= 11 is 0.